The minimum absolute atomic E-state index is 0.0166. The van der Waals surface area contributed by atoms with Crippen LogP contribution >= 0.6 is 0 Å². The number of carbonyl (C=O) groups is 6. The highest BCUT2D eigenvalue weighted by Crippen LogP contribution is 2.41. The topological polar surface area (TPSA) is 182 Å². The Morgan fingerprint density at radius 2 is 1.10 bits per heavy atom. The quantitative estimate of drug-likeness (QED) is 0.0910. The largest absolute Gasteiger partial charge is 0.476 e. The molecule has 4 aromatic carbocycles. The summed E-state index contributed by atoms with van der Waals surface area (Å²) in [5, 5.41) is 5.38. The first-order valence-electron chi connectivity index (χ1n) is 23.9. The molecule has 0 bridgehead atoms. The van der Waals surface area contributed by atoms with Crippen LogP contribution in [-0.4, -0.2) is 97.4 Å². The summed E-state index contributed by atoms with van der Waals surface area (Å²) >= 11 is 0. The number of methoxy groups -OCH3 is 1. The van der Waals surface area contributed by atoms with Crippen LogP contribution in [0.5, 0.6) is 11.5 Å². The molecule has 0 saturated heterocycles. The molecule has 0 atom stereocenters. The Balaban J connectivity index is 0.000000236. The van der Waals surface area contributed by atoms with Crippen molar-refractivity contribution < 1.29 is 52.5 Å². The summed E-state index contributed by atoms with van der Waals surface area (Å²) in [6, 6.07) is 26.0. The molecule has 3 aliphatic rings. The minimum Gasteiger partial charge on any atom is -0.476 e. The number of ether oxygens (including phenoxy) is 5. The van der Waals surface area contributed by atoms with E-state index in [0.29, 0.717) is 39.6 Å². The van der Waals surface area contributed by atoms with Crippen LogP contribution in [0, 0.1) is 13.8 Å². The number of amides is 5. The van der Waals surface area contributed by atoms with Gasteiger partial charge in [0.2, 0.25) is 0 Å². The van der Waals surface area contributed by atoms with Gasteiger partial charge < -0.3 is 49.0 Å². The van der Waals surface area contributed by atoms with Gasteiger partial charge >= 0.3 is 18.2 Å². The molecule has 1 saturated carbocycles. The maximum Gasteiger partial charge on any atom is 0.407 e. The molecule has 5 amide bonds. The van der Waals surface area contributed by atoms with Crippen molar-refractivity contribution in [1.29, 1.82) is 0 Å². The van der Waals surface area contributed by atoms with Gasteiger partial charge in [-0.05, 0) is 115 Å². The average molecular weight is 962 g/mol. The van der Waals surface area contributed by atoms with Crippen molar-refractivity contribution in [3.63, 3.8) is 0 Å². The van der Waals surface area contributed by atoms with Gasteiger partial charge in [-0.2, -0.15) is 0 Å². The van der Waals surface area contributed by atoms with Gasteiger partial charge in [0, 0.05) is 43.8 Å². The highest BCUT2D eigenvalue weighted by molar-refractivity contribution is 6.06. The second kappa shape index (κ2) is 23.0. The van der Waals surface area contributed by atoms with Gasteiger partial charge in [0.15, 0.2) is 11.2 Å². The van der Waals surface area contributed by atoms with E-state index in [1.165, 1.54) is 18.4 Å². The summed E-state index contributed by atoms with van der Waals surface area (Å²) in [5.74, 6) is 0.0106. The van der Waals surface area contributed by atoms with E-state index in [9.17, 15) is 28.8 Å². The fourth-order valence-corrected chi connectivity index (χ4v) is 8.84. The lowest BCUT2D eigenvalue weighted by Gasteiger charge is -2.40. The molecule has 7 rings (SSSR count). The molecular formula is C54H67N5O11. The van der Waals surface area contributed by atoms with Crippen LogP contribution in [0.15, 0.2) is 84.9 Å². The van der Waals surface area contributed by atoms with Crippen molar-refractivity contribution in [1.82, 2.24) is 15.5 Å². The van der Waals surface area contributed by atoms with Crippen LogP contribution in [0.1, 0.15) is 117 Å². The highest BCUT2D eigenvalue weighted by Gasteiger charge is 2.43. The fourth-order valence-electron chi connectivity index (χ4n) is 8.84. The first-order valence-corrected chi connectivity index (χ1v) is 23.9. The molecule has 2 heterocycles. The second-order valence-corrected chi connectivity index (χ2v) is 19.0. The van der Waals surface area contributed by atoms with E-state index in [2.05, 4.69) is 24.5 Å². The molecule has 1 fully saturated rings. The number of nitrogens with one attached hydrogen (secondary N) is 2. The van der Waals surface area contributed by atoms with Crippen molar-refractivity contribution in [3.8, 4) is 11.5 Å². The third-order valence-electron chi connectivity index (χ3n) is 12.5. The number of nitrogens with zero attached hydrogens (tertiary/aromatic N) is 3. The molecule has 16 nitrogen and oxygen atoms in total. The summed E-state index contributed by atoms with van der Waals surface area (Å²) in [6.45, 7) is 15.7. The standard InChI is InChI=1S/C31H41N3O5.C23H26N2O6/c1-21(2)34(24-14-10-7-11-15-24)28(35)25-19-26-27(18-22(25)3)39-31(4,5)29(36)33(26)17-16-32-30(37)38-20-23-12-8-6-9-13-23;1-15-12-19-18(13-17(15)20(26)29-4)25(21(27)23(2,3)31-19)11-10-24-22(28)30-14-16-8-6-5-7-9-16/h6,8-9,12-13,18-19,21,24H,7,10-11,14-17,20H2,1-5H3,(H,32,37);5-9,12-13H,10-11,14H2,1-4H3,(H,24,28). The monoisotopic (exact) mass is 961 g/mol. The third kappa shape index (κ3) is 12.8. The number of hydrogen-bond donors (Lipinski definition) is 2. The number of esters is 1. The lowest BCUT2D eigenvalue weighted by Crippen LogP contribution is -2.54. The van der Waals surface area contributed by atoms with E-state index in [0.717, 1.165) is 42.4 Å². The van der Waals surface area contributed by atoms with E-state index < -0.39 is 29.4 Å². The lowest BCUT2D eigenvalue weighted by molar-refractivity contribution is -0.133. The minimum atomic E-state index is -1.08. The first kappa shape index (κ1) is 52.3. The summed E-state index contributed by atoms with van der Waals surface area (Å²) in [4.78, 5) is 81.8. The maximum atomic E-state index is 13.9. The number of carbonyl (C=O) groups excluding carboxylic acids is 6. The Bertz CT molecular complexity index is 2520. The SMILES string of the molecule is COC(=O)c1cc2c(cc1C)OC(C)(C)C(=O)N2CCNC(=O)OCc1ccccc1.Cc1cc2c(cc1C(=O)N(C(C)C)C1CCCCC1)N(CCNC(=O)OCc1ccccc1)C(=O)C(C)(C)O2. The number of hydrogen-bond acceptors (Lipinski definition) is 11. The van der Waals surface area contributed by atoms with Crippen molar-refractivity contribution >= 4 is 47.3 Å². The molecule has 0 spiro atoms. The van der Waals surface area contributed by atoms with Crippen LogP contribution in [0.2, 0.25) is 0 Å². The van der Waals surface area contributed by atoms with Crippen molar-refractivity contribution in [3.05, 3.63) is 118 Å². The van der Waals surface area contributed by atoms with Gasteiger partial charge in [0.05, 0.1) is 24.0 Å². The Labute approximate surface area is 410 Å². The van der Waals surface area contributed by atoms with E-state index in [4.69, 9.17) is 23.7 Å². The zero-order valence-corrected chi connectivity index (χ0v) is 41.8. The van der Waals surface area contributed by atoms with Crippen LogP contribution in [0.4, 0.5) is 21.0 Å². The molecular weight excluding hydrogens is 895 g/mol. The molecule has 374 valence electrons. The van der Waals surface area contributed by atoms with Gasteiger partial charge in [-0.15, -0.1) is 0 Å². The summed E-state index contributed by atoms with van der Waals surface area (Å²) in [5.41, 5.74) is 3.01. The number of benzene rings is 4. The third-order valence-corrected chi connectivity index (χ3v) is 12.5. The Morgan fingerprint density at radius 3 is 1.53 bits per heavy atom. The smallest absolute Gasteiger partial charge is 0.407 e. The summed E-state index contributed by atoms with van der Waals surface area (Å²) in [6.07, 6.45) is 4.38. The molecule has 0 unspecified atom stereocenters. The van der Waals surface area contributed by atoms with Crippen LogP contribution < -0.4 is 29.9 Å². The van der Waals surface area contributed by atoms with Crippen LogP contribution in [0.3, 0.4) is 0 Å². The number of anilines is 2. The highest BCUT2D eigenvalue weighted by atomic mass is 16.6. The van der Waals surface area contributed by atoms with Gasteiger partial charge in [-0.25, -0.2) is 14.4 Å². The van der Waals surface area contributed by atoms with E-state index in [1.807, 2.05) is 78.6 Å². The van der Waals surface area contributed by atoms with E-state index in [-0.39, 0.29) is 69.2 Å². The molecule has 2 aliphatic heterocycles. The van der Waals surface area contributed by atoms with Crippen molar-refractivity contribution in [2.45, 2.75) is 124 Å². The predicted octanol–water partition coefficient (Wildman–Crippen LogP) is 8.82. The summed E-state index contributed by atoms with van der Waals surface area (Å²) in [7, 11) is 1.30. The molecule has 16 heteroatoms. The van der Waals surface area contributed by atoms with E-state index in [1.54, 1.807) is 57.7 Å². The molecule has 1 aliphatic carbocycles. The fraction of sp³-hybridized carbons (Fsp3) is 0.444. The van der Waals surface area contributed by atoms with Crippen molar-refractivity contribution in [2.75, 3.05) is 43.1 Å². The Hall–Kier alpha value is -7.10. The Kier molecular flexibility index (Phi) is 17.2. The number of alkyl carbamates (subject to hydrolysis) is 2. The molecule has 0 radical (unpaired) electrons. The Morgan fingerprint density at radius 1 is 0.671 bits per heavy atom. The molecule has 0 aromatic heterocycles. The van der Waals surface area contributed by atoms with E-state index >= 15 is 0 Å². The van der Waals surface area contributed by atoms with Gasteiger partial charge in [-0.3, -0.25) is 14.4 Å². The zero-order chi connectivity index (χ0) is 50.8. The zero-order valence-electron chi connectivity index (χ0n) is 41.8. The number of rotatable bonds is 14. The maximum absolute atomic E-state index is 13.9. The molecule has 2 N–H and O–H groups in total. The number of aryl methyl sites for hydroxylation is 2. The van der Waals surface area contributed by atoms with Gasteiger partial charge in [0.1, 0.15) is 24.7 Å². The van der Waals surface area contributed by atoms with Gasteiger partial charge in [0.25, 0.3) is 17.7 Å². The van der Waals surface area contributed by atoms with Crippen LogP contribution in [-0.2, 0) is 37.0 Å². The normalized spacial score (nSPS) is 15.7. The number of fused-ring (bicyclic) bond motifs is 2. The average Bonchev–Trinajstić information content (AvgIpc) is 3.33. The molecule has 70 heavy (non-hydrogen) atoms. The van der Waals surface area contributed by atoms with Gasteiger partial charge in [-0.1, -0.05) is 79.9 Å². The lowest BCUT2D eigenvalue weighted by atomic mass is 9.92. The second-order valence-electron chi connectivity index (χ2n) is 19.0. The first-order chi connectivity index (χ1) is 33.3. The predicted molar refractivity (Wildman–Crippen MR) is 265 cm³/mol. The summed E-state index contributed by atoms with van der Waals surface area (Å²) < 4.78 is 27.3. The van der Waals surface area contributed by atoms with Crippen LogP contribution in [0.25, 0.3) is 0 Å². The molecule has 4 aromatic rings. The van der Waals surface area contributed by atoms with Crippen molar-refractivity contribution in [2.24, 2.45) is 0 Å².